The number of hydrogen-bond donors (Lipinski definition) is 1. The lowest BCUT2D eigenvalue weighted by Gasteiger charge is -2.25. The lowest BCUT2D eigenvalue weighted by molar-refractivity contribution is 0.121. The molecule has 0 amide bonds. The van der Waals surface area contributed by atoms with Gasteiger partial charge < -0.3 is 9.67 Å². The van der Waals surface area contributed by atoms with E-state index in [4.69, 9.17) is 11.6 Å². The zero-order valence-corrected chi connectivity index (χ0v) is 14.1. The number of hydrogen-bond acceptors (Lipinski definition) is 3. The maximum atomic E-state index is 9.71. The predicted octanol–water partition coefficient (Wildman–Crippen LogP) is 3.57. The zero-order chi connectivity index (χ0) is 16.0. The van der Waals surface area contributed by atoms with E-state index in [1.54, 1.807) is 0 Å². The van der Waals surface area contributed by atoms with Crippen molar-refractivity contribution in [3.63, 3.8) is 0 Å². The summed E-state index contributed by atoms with van der Waals surface area (Å²) in [7, 11) is 2.09. The molecule has 2 aliphatic rings. The normalized spacial score (nSPS) is 26.2. The van der Waals surface area contributed by atoms with E-state index in [-0.39, 0.29) is 11.5 Å². The molecule has 2 fully saturated rings. The topological polar surface area (TPSA) is 50.9 Å². The summed E-state index contributed by atoms with van der Waals surface area (Å²) in [6, 6.07) is 8.13. The summed E-state index contributed by atoms with van der Waals surface area (Å²) >= 11 is 6.02. The number of aromatic nitrogens is 3. The molecular formula is C18H22ClN3O. The lowest BCUT2D eigenvalue weighted by Crippen LogP contribution is -2.21. The number of rotatable bonds is 3. The minimum absolute atomic E-state index is 0.0127. The first kappa shape index (κ1) is 15.2. The summed E-state index contributed by atoms with van der Waals surface area (Å²) in [5, 5.41) is 19.6. The van der Waals surface area contributed by atoms with Gasteiger partial charge in [-0.3, -0.25) is 0 Å². The molecule has 0 atom stereocenters. The third-order valence-electron chi connectivity index (χ3n) is 5.55. The molecule has 1 N–H and O–H groups in total. The number of aliphatic hydroxyl groups excluding tert-OH is 1. The third-order valence-corrected chi connectivity index (χ3v) is 5.80. The average Bonchev–Trinajstić information content (AvgIpc) is 3.26. The number of benzene rings is 1. The Hall–Kier alpha value is -1.39. The van der Waals surface area contributed by atoms with Crippen molar-refractivity contribution >= 4 is 11.6 Å². The van der Waals surface area contributed by atoms with Gasteiger partial charge in [0.05, 0.1) is 11.5 Å². The molecule has 0 unspecified atom stereocenters. The van der Waals surface area contributed by atoms with Crippen LogP contribution in [0.3, 0.4) is 0 Å². The first-order valence-corrected chi connectivity index (χ1v) is 8.82. The second-order valence-electron chi connectivity index (χ2n) is 7.04. The standard InChI is InChI=1S/C18H22ClN3O/c1-22-16(12-2-8-15(23)9-3-12)20-21-17(22)18(10-11-18)13-4-6-14(19)7-5-13/h4-7,12,15,23H,2-3,8-11H2,1H3. The van der Waals surface area contributed by atoms with Crippen LogP contribution in [0.4, 0.5) is 0 Å². The van der Waals surface area contributed by atoms with Gasteiger partial charge in [0, 0.05) is 18.0 Å². The molecule has 0 aliphatic heterocycles. The van der Waals surface area contributed by atoms with Gasteiger partial charge in [0.25, 0.3) is 0 Å². The van der Waals surface area contributed by atoms with Crippen molar-refractivity contribution in [1.82, 2.24) is 14.8 Å². The molecule has 4 nitrogen and oxygen atoms in total. The average molecular weight is 332 g/mol. The molecular weight excluding hydrogens is 310 g/mol. The van der Waals surface area contributed by atoms with Crippen molar-refractivity contribution in [3.8, 4) is 0 Å². The molecule has 0 radical (unpaired) electrons. The first-order valence-electron chi connectivity index (χ1n) is 8.44. The molecule has 23 heavy (non-hydrogen) atoms. The van der Waals surface area contributed by atoms with Crippen LogP contribution in [0.5, 0.6) is 0 Å². The Morgan fingerprint density at radius 3 is 2.35 bits per heavy atom. The summed E-state index contributed by atoms with van der Waals surface area (Å²) in [6.45, 7) is 0. The minimum Gasteiger partial charge on any atom is -0.393 e. The third kappa shape index (κ3) is 2.58. The number of nitrogens with zero attached hydrogens (tertiary/aromatic N) is 3. The Balaban J connectivity index is 1.64. The van der Waals surface area contributed by atoms with Gasteiger partial charge in [-0.2, -0.15) is 0 Å². The highest BCUT2D eigenvalue weighted by atomic mass is 35.5. The summed E-state index contributed by atoms with van der Waals surface area (Å²) < 4.78 is 2.20. The van der Waals surface area contributed by atoms with E-state index < -0.39 is 0 Å². The second-order valence-corrected chi connectivity index (χ2v) is 7.47. The summed E-state index contributed by atoms with van der Waals surface area (Å²) in [6.07, 6.45) is 5.84. The van der Waals surface area contributed by atoms with Crippen LogP contribution >= 0.6 is 11.6 Å². The van der Waals surface area contributed by atoms with Crippen molar-refractivity contribution < 1.29 is 5.11 Å². The van der Waals surface area contributed by atoms with Gasteiger partial charge >= 0.3 is 0 Å². The molecule has 0 saturated heterocycles. The smallest absolute Gasteiger partial charge is 0.143 e. The highest BCUT2D eigenvalue weighted by molar-refractivity contribution is 6.30. The fourth-order valence-corrected chi connectivity index (χ4v) is 4.11. The van der Waals surface area contributed by atoms with Crippen molar-refractivity contribution in [2.75, 3.05) is 0 Å². The van der Waals surface area contributed by atoms with Gasteiger partial charge in [0.1, 0.15) is 11.6 Å². The molecule has 2 saturated carbocycles. The Kier molecular flexibility index (Phi) is 3.69. The molecule has 2 aliphatic carbocycles. The van der Waals surface area contributed by atoms with Gasteiger partial charge in [-0.05, 0) is 56.2 Å². The van der Waals surface area contributed by atoms with Gasteiger partial charge in [0.2, 0.25) is 0 Å². The van der Waals surface area contributed by atoms with Crippen molar-refractivity contribution in [1.29, 1.82) is 0 Å². The Morgan fingerprint density at radius 2 is 1.74 bits per heavy atom. The van der Waals surface area contributed by atoms with Crippen LogP contribution in [-0.4, -0.2) is 26.0 Å². The lowest BCUT2D eigenvalue weighted by atomic mass is 9.87. The van der Waals surface area contributed by atoms with Gasteiger partial charge in [0.15, 0.2) is 0 Å². The monoisotopic (exact) mass is 331 g/mol. The van der Waals surface area contributed by atoms with Crippen LogP contribution in [0.2, 0.25) is 5.02 Å². The maximum absolute atomic E-state index is 9.71. The Morgan fingerprint density at radius 1 is 1.09 bits per heavy atom. The van der Waals surface area contributed by atoms with Crippen LogP contribution in [0.1, 0.15) is 61.7 Å². The molecule has 4 rings (SSSR count). The van der Waals surface area contributed by atoms with Crippen molar-refractivity contribution in [3.05, 3.63) is 46.5 Å². The van der Waals surface area contributed by atoms with Gasteiger partial charge in [-0.15, -0.1) is 10.2 Å². The van der Waals surface area contributed by atoms with Gasteiger partial charge in [-0.1, -0.05) is 23.7 Å². The fraction of sp³-hybridized carbons (Fsp3) is 0.556. The zero-order valence-electron chi connectivity index (χ0n) is 13.4. The quantitative estimate of drug-likeness (QED) is 0.935. The molecule has 0 bridgehead atoms. The molecule has 1 heterocycles. The van der Waals surface area contributed by atoms with Crippen LogP contribution in [0.15, 0.2) is 24.3 Å². The summed E-state index contributed by atoms with van der Waals surface area (Å²) in [5.41, 5.74) is 1.29. The summed E-state index contributed by atoms with van der Waals surface area (Å²) in [5.74, 6) is 2.57. The molecule has 5 heteroatoms. The first-order chi connectivity index (χ1) is 11.1. The van der Waals surface area contributed by atoms with E-state index in [1.807, 2.05) is 12.1 Å². The molecule has 1 aromatic carbocycles. The SMILES string of the molecule is Cn1c(C2CCC(O)CC2)nnc1C1(c2ccc(Cl)cc2)CC1. The number of halogens is 1. The fourth-order valence-electron chi connectivity index (χ4n) is 3.98. The Bertz CT molecular complexity index is 698. The maximum Gasteiger partial charge on any atom is 0.143 e. The highest BCUT2D eigenvalue weighted by Gasteiger charge is 2.50. The predicted molar refractivity (Wildman–Crippen MR) is 89.7 cm³/mol. The highest BCUT2D eigenvalue weighted by Crippen LogP contribution is 2.53. The second kappa shape index (κ2) is 5.60. The van der Waals surface area contributed by atoms with Crippen LogP contribution in [0.25, 0.3) is 0 Å². The number of aliphatic hydroxyl groups is 1. The van der Waals surface area contributed by atoms with Crippen LogP contribution in [-0.2, 0) is 12.5 Å². The van der Waals surface area contributed by atoms with E-state index >= 15 is 0 Å². The summed E-state index contributed by atoms with van der Waals surface area (Å²) in [4.78, 5) is 0. The van der Waals surface area contributed by atoms with Crippen LogP contribution < -0.4 is 0 Å². The van der Waals surface area contributed by atoms with E-state index in [0.717, 1.165) is 55.2 Å². The van der Waals surface area contributed by atoms with E-state index in [9.17, 15) is 5.11 Å². The largest absolute Gasteiger partial charge is 0.393 e. The van der Waals surface area contributed by atoms with Crippen molar-refractivity contribution in [2.45, 2.75) is 56.0 Å². The van der Waals surface area contributed by atoms with Gasteiger partial charge in [-0.25, -0.2) is 0 Å². The van der Waals surface area contributed by atoms with E-state index in [1.165, 1.54) is 5.56 Å². The van der Waals surface area contributed by atoms with Crippen molar-refractivity contribution in [2.24, 2.45) is 7.05 Å². The van der Waals surface area contributed by atoms with Crippen LogP contribution in [0, 0.1) is 0 Å². The minimum atomic E-state index is -0.136. The van der Waals surface area contributed by atoms with E-state index in [2.05, 4.69) is 33.9 Å². The molecule has 0 spiro atoms. The van der Waals surface area contributed by atoms with E-state index in [0.29, 0.717) is 5.92 Å². The molecule has 2 aromatic rings. The Labute approximate surface area is 141 Å². The molecule has 1 aromatic heterocycles. The molecule has 122 valence electrons.